The molecular weight excluding hydrogens is 369 g/mol. The number of benzene rings is 2. The predicted molar refractivity (Wildman–Crippen MR) is 111 cm³/mol. The van der Waals surface area contributed by atoms with Gasteiger partial charge in [0.25, 0.3) is 0 Å². The highest BCUT2D eigenvalue weighted by Gasteiger charge is 2.19. The van der Waals surface area contributed by atoms with Gasteiger partial charge >= 0.3 is 5.97 Å². The van der Waals surface area contributed by atoms with Crippen molar-refractivity contribution in [2.24, 2.45) is 0 Å². The van der Waals surface area contributed by atoms with Gasteiger partial charge in [-0.1, -0.05) is 37.6 Å². The molecule has 5 heteroatoms. The average molecular weight is 393 g/mol. The van der Waals surface area contributed by atoms with Gasteiger partial charge in [0.05, 0.1) is 11.3 Å². The maximum absolute atomic E-state index is 14.4. The van der Waals surface area contributed by atoms with Crippen LogP contribution in [0.1, 0.15) is 46.2 Å². The molecule has 1 heterocycles. The molecule has 0 aliphatic heterocycles. The Morgan fingerprint density at radius 1 is 1.03 bits per heavy atom. The van der Waals surface area contributed by atoms with Crippen LogP contribution in [0, 0.1) is 19.7 Å². The number of carboxylic acid groups (broad SMARTS) is 1. The fraction of sp³-hybridized carbons (Fsp3) is 0.250. The minimum atomic E-state index is -1.11. The number of ether oxygens (including phenoxy) is 1. The summed E-state index contributed by atoms with van der Waals surface area (Å²) >= 11 is 0. The van der Waals surface area contributed by atoms with Gasteiger partial charge in [-0.15, -0.1) is 0 Å². The third-order valence-electron chi connectivity index (χ3n) is 4.92. The number of aryl methyl sites for hydroxylation is 3. The summed E-state index contributed by atoms with van der Waals surface area (Å²) in [6.07, 6.45) is 1.42. The van der Waals surface area contributed by atoms with Gasteiger partial charge in [0.1, 0.15) is 18.2 Å². The highest BCUT2D eigenvalue weighted by molar-refractivity contribution is 5.91. The molecule has 0 bridgehead atoms. The normalized spacial score (nSPS) is 10.8. The van der Waals surface area contributed by atoms with Crippen molar-refractivity contribution in [2.45, 2.75) is 40.2 Å². The second kappa shape index (κ2) is 8.86. The van der Waals surface area contributed by atoms with Crippen LogP contribution in [-0.4, -0.2) is 16.1 Å². The van der Waals surface area contributed by atoms with E-state index in [1.165, 1.54) is 12.1 Å². The molecule has 0 fully saturated rings. The molecule has 4 nitrogen and oxygen atoms in total. The number of carbonyl (C=O) groups is 1. The summed E-state index contributed by atoms with van der Waals surface area (Å²) in [6.45, 7) is 6.04. The van der Waals surface area contributed by atoms with Gasteiger partial charge in [0, 0.05) is 16.8 Å². The third-order valence-corrected chi connectivity index (χ3v) is 4.92. The summed E-state index contributed by atoms with van der Waals surface area (Å²) in [5.41, 5.74) is 4.13. The minimum absolute atomic E-state index is 0.0203. The number of aromatic carboxylic acids is 1. The van der Waals surface area contributed by atoms with Gasteiger partial charge in [-0.25, -0.2) is 9.18 Å². The molecule has 0 radical (unpaired) electrons. The number of pyridine rings is 1. The summed E-state index contributed by atoms with van der Waals surface area (Å²) in [5, 5.41) is 9.72. The second-order valence-electron chi connectivity index (χ2n) is 7.05. The van der Waals surface area contributed by atoms with E-state index in [0.29, 0.717) is 34.7 Å². The smallest absolute Gasteiger partial charge is 0.337 e. The number of hydrogen-bond donors (Lipinski definition) is 1. The molecule has 1 aromatic heterocycles. The molecule has 0 amide bonds. The molecular formula is C24H24FNO3. The van der Waals surface area contributed by atoms with E-state index in [-0.39, 0.29) is 12.2 Å². The van der Waals surface area contributed by atoms with E-state index in [2.05, 4.69) is 4.98 Å². The van der Waals surface area contributed by atoms with Gasteiger partial charge in [-0.05, 0) is 55.7 Å². The van der Waals surface area contributed by atoms with Crippen LogP contribution in [0.15, 0.2) is 48.5 Å². The number of carboxylic acids is 1. The fourth-order valence-electron chi connectivity index (χ4n) is 3.19. The Labute approximate surface area is 170 Å². The summed E-state index contributed by atoms with van der Waals surface area (Å²) in [6, 6.07) is 13.6. The molecule has 0 atom stereocenters. The van der Waals surface area contributed by atoms with Gasteiger partial charge < -0.3 is 9.84 Å². The zero-order valence-corrected chi connectivity index (χ0v) is 16.8. The van der Waals surface area contributed by atoms with Gasteiger partial charge in [-0.3, -0.25) is 4.98 Å². The first-order valence-corrected chi connectivity index (χ1v) is 9.61. The van der Waals surface area contributed by atoms with Crippen molar-refractivity contribution in [3.05, 3.63) is 82.4 Å². The van der Waals surface area contributed by atoms with Crippen molar-refractivity contribution in [1.29, 1.82) is 0 Å². The molecule has 1 N–H and O–H groups in total. The summed E-state index contributed by atoms with van der Waals surface area (Å²) in [4.78, 5) is 16.5. The Balaban J connectivity index is 2.02. The van der Waals surface area contributed by atoms with Crippen LogP contribution in [0.5, 0.6) is 5.75 Å². The van der Waals surface area contributed by atoms with Crippen molar-refractivity contribution >= 4 is 5.97 Å². The average Bonchev–Trinajstić information content (AvgIpc) is 2.69. The molecule has 0 saturated carbocycles. The molecule has 0 unspecified atom stereocenters. The first-order chi connectivity index (χ1) is 13.9. The van der Waals surface area contributed by atoms with Crippen LogP contribution in [0.3, 0.4) is 0 Å². The fourth-order valence-corrected chi connectivity index (χ4v) is 3.19. The Hall–Kier alpha value is -3.21. The lowest BCUT2D eigenvalue weighted by Gasteiger charge is -2.15. The van der Waals surface area contributed by atoms with Gasteiger partial charge in [-0.2, -0.15) is 0 Å². The molecule has 3 aromatic rings. The summed E-state index contributed by atoms with van der Waals surface area (Å²) < 4.78 is 20.2. The summed E-state index contributed by atoms with van der Waals surface area (Å²) in [5.74, 6) is -0.861. The first kappa shape index (κ1) is 20.5. The molecule has 0 saturated heterocycles. The Bertz CT molecular complexity index is 1050. The van der Waals surface area contributed by atoms with Crippen LogP contribution in [0.2, 0.25) is 0 Å². The van der Waals surface area contributed by atoms with E-state index in [0.717, 1.165) is 17.5 Å². The van der Waals surface area contributed by atoms with Gasteiger partial charge in [0.2, 0.25) is 0 Å². The van der Waals surface area contributed by atoms with E-state index in [9.17, 15) is 14.3 Å². The molecule has 3 rings (SSSR count). The van der Waals surface area contributed by atoms with E-state index in [1.54, 1.807) is 18.2 Å². The number of rotatable bonds is 7. The number of hydrogen-bond acceptors (Lipinski definition) is 3. The van der Waals surface area contributed by atoms with E-state index >= 15 is 0 Å². The molecule has 2 aromatic carbocycles. The lowest BCUT2D eigenvalue weighted by Crippen LogP contribution is -2.11. The lowest BCUT2D eigenvalue weighted by atomic mass is 9.97. The predicted octanol–water partition coefficient (Wildman–Crippen LogP) is 5.73. The Morgan fingerprint density at radius 3 is 2.45 bits per heavy atom. The van der Waals surface area contributed by atoms with Crippen molar-refractivity contribution in [3.8, 4) is 16.9 Å². The van der Waals surface area contributed by atoms with Crippen molar-refractivity contribution < 1.29 is 19.0 Å². The summed E-state index contributed by atoms with van der Waals surface area (Å²) in [7, 11) is 0. The third kappa shape index (κ3) is 4.62. The Morgan fingerprint density at radius 2 is 1.79 bits per heavy atom. The van der Waals surface area contributed by atoms with Crippen molar-refractivity contribution in [1.82, 2.24) is 4.98 Å². The standard InChI is InChI=1S/C24H24FNO3/c1-4-7-22-19(18-8-5-6-9-21(18)25)13-20(24(27)28)23(26-22)14-29-17-11-10-15(2)16(3)12-17/h5-6,8-13H,4,7,14H2,1-3H3,(H,27,28). The number of nitrogens with zero attached hydrogens (tertiary/aromatic N) is 1. The topological polar surface area (TPSA) is 59.4 Å². The Kier molecular flexibility index (Phi) is 6.27. The van der Waals surface area contributed by atoms with Crippen LogP contribution in [0.4, 0.5) is 4.39 Å². The molecule has 29 heavy (non-hydrogen) atoms. The van der Waals surface area contributed by atoms with E-state index in [4.69, 9.17) is 4.74 Å². The molecule has 0 spiro atoms. The zero-order chi connectivity index (χ0) is 21.0. The van der Waals surface area contributed by atoms with E-state index < -0.39 is 11.8 Å². The van der Waals surface area contributed by atoms with Crippen LogP contribution < -0.4 is 4.74 Å². The molecule has 0 aliphatic rings. The second-order valence-corrected chi connectivity index (χ2v) is 7.05. The number of halogens is 1. The van der Waals surface area contributed by atoms with Crippen molar-refractivity contribution in [3.63, 3.8) is 0 Å². The maximum atomic E-state index is 14.4. The van der Waals surface area contributed by atoms with Crippen molar-refractivity contribution in [2.75, 3.05) is 0 Å². The first-order valence-electron chi connectivity index (χ1n) is 9.61. The zero-order valence-electron chi connectivity index (χ0n) is 16.8. The molecule has 150 valence electrons. The van der Waals surface area contributed by atoms with Crippen LogP contribution in [-0.2, 0) is 13.0 Å². The number of aromatic nitrogens is 1. The lowest BCUT2D eigenvalue weighted by molar-refractivity contribution is 0.0693. The molecule has 0 aliphatic carbocycles. The highest BCUT2D eigenvalue weighted by atomic mass is 19.1. The highest BCUT2D eigenvalue weighted by Crippen LogP contribution is 2.29. The minimum Gasteiger partial charge on any atom is -0.487 e. The monoisotopic (exact) mass is 393 g/mol. The van der Waals surface area contributed by atoms with Gasteiger partial charge in [0.15, 0.2) is 0 Å². The van der Waals surface area contributed by atoms with E-state index in [1.807, 2.05) is 39.0 Å². The SMILES string of the molecule is CCCc1nc(COc2ccc(C)c(C)c2)c(C(=O)O)cc1-c1ccccc1F. The maximum Gasteiger partial charge on any atom is 0.337 e. The van der Waals surface area contributed by atoms with Crippen LogP contribution >= 0.6 is 0 Å². The largest absolute Gasteiger partial charge is 0.487 e. The van der Waals surface area contributed by atoms with Crippen LogP contribution in [0.25, 0.3) is 11.1 Å². The quantitative estimate of drug-likeness (QED) is 0.556.